The molecule has 0 atom stereocenters. The number of aromatic nitrogens is 1. The van der Waals surface area contributed by atoms with Crippen LogP contribution in [0.5, 0.6) is 11.5 Å². The van der Waals surface area contributed by atoms with Crippen LogP contribution >= 0.6 is 0 Å². The first-order chi connectivity index (χ1) is 16.4. The predicted molar refractivity (Wildman–Crippen MR) is 123 cm³/mol. The molecule has 178 valence electrons. The van der Waals surface area contributed by atoms with Gasteiger partial charge in [0.15, 0.2) is 11.5 Å². The van der Waals surface area contributed by atoms with Crippen LogP contribution in [0.1, 0.15) is 41.6 Å². The van der Waals surface area contributed by atoms with Crippen molar-refractivity contribution in [2.45, 2.75) is 43.2 Å². The van der Waals surface area contributed by atoms with Crippen molar-refractivity contribution in [3.63, 3.8) is 0 Å². The summed E-state index contributed by atoms with van der Waals surface area (Å²) in [6.07, 6.45) is 3.24. The van der Waals surface area contributed by atoms with Crippen LogP contribution in [0.15, 0.2) is 52.2 Å². The van der Waals surface area contributed by atoms with Gasteiger partial charge in [0.2, 0.25) is 16.8 Å². The third kappa shape index (κ3) is 4.03. The zero-order valence-corrected chi connectivity index (χ0v) is 19.4. The largest absolute Gasteiger partial charge is 0.465 e. The Morgan fingerprint density at radius 3 is 2.59 bits per heavy atom. The van der Waals surface area contributed by atoms with E-state index in [0.29, 0.717) is 35.4 Å². The van der Waals surface area contributed by atoms with Gasteiger partial charge in [-0.1, -0.05) is 18.9 Å². The minimum atomic E-state index is -4.00. The third-order valence-electron chi connectivity index (χ3n) is 6.33. The number of methoxy groups -OCH3 is 1. The normalized spacial score (nSPS) is 15.8. The molecule has 10 heteroatoms. The van der Waals surface area contributed by atoms with Crippen molar-refractivity contribution < 1.29 is 27.4 Å². The highest BCUT2D eigenvalue weighted by Crippen LogP contribution is 2.36. The van der Waals surface area contributed by atoms with E-state index in [9.17, 15) is 18.0 Å². The van der Waals surface area contributed by atoms with Crippen LogP contribution in [-0.4, -0.2) is 43.6 Å². The van der Waals surface area contributed by atoms with E-state index >= 15 is 0 Å². The Bertz CT molecular complexity index is 1420. The second kappa shape index (κ2) is 8.77. The summed E-state index contributed by atoms with van der Waals surface area (Å²) in [5.41, 5.74) is 0.687. The van der Waals surface area contributed by atoms with Crippen LogP contribution in [0, 0.1) is 0 Å². The molecule has 1 fully saturated rings. The molecule has 2 heterocycles. The summed E-state index contributed by atoms with van der Waals surface area (Å²) in [6.45, 7) is 0.0241. The number of hydrogen-bond acceptors (Lipinski definition) is 7. The Kier molecular flexibility index (Phi) is 5.78. The van der Waals surface area contributed by atoms with Gasteiger partial charge in [0.05, 0.1) is 23.1 Å². The molecule has 34 heavy (non-hydrogen) atoms. The number of hydrogen-bond donors (Lipinski definition) is 1. The van der Waals surface area contributed by atoms with Gasteiger partial charge in [0, 0.05) is 29.6 Å². The van der Waals surface area contributed by atoms with Crippen molar-refractivity contribution in [3.05, 3.63) is 63.9 Å². The lowest BCUT2D eigenvalue weighted by molar-refractivity contribution is 0.0600. The smallest absolute Gasteiger partial charge is 0.337 e. The summed E-state index contributed by atoms with van der Waals surface area (Å²) in [5.74, 6) is 0.510. The molecule has 1 saturated carbocycles. The number of benzene rings is 2. The van der Waals surface area contributed by atoms with Gasteiger partial charge in [-0.3, -0.25) is 4.79 Å². The van der Waals surface area contributed by atoms with Crippen molar-refractivity contribution >= 4 is 26.9 Å². The number of ether oxygens (including phenoxy) is 3. The van der Waals surface area contributed by atoms with E-state index < -0.39 is 16.0 Å². The molecule has 0 saturated heterocycles. The fraction of sp³-hybridized carbons (Fsp3) is 0.333. The Morgan fingerprint density at radius 1 is 1.12 bits per heavy atom. The first kappa shape index (κ1) is 22.4. The maximum Gasteiger partial charge on any atom is 0.337 e. The molecule has 2 aliphatic rings. The van der Waals surface area contributed by atoms with Crippen LogP contribution in [0.2, 0.25) is 0 Å². The van der Waals surface area contributed by atoms with Gasteiger partial charge < -0.3 is 19.2 Å². The number of carbonyl (C=O) groups is 1. The van der Waals surface area contributed by atoms with Crippen LogP contribution in [0.3, 0.4) is 0 Å². The molecule has 0 spiro atoms. The molecule has 0 amide bonds. The van der Waals surface area contributed by atoms with Crippen molar-refractivity contribution in [2.24, 2.45) is 0 Å². The highest BCUT2D eigenvalue weighted by molar-refractivity contribution is 7.89. The van der Waals surface area contributed by atoms with Gasteiger partial charge in [0.1, 0.15) is 0 Å². The molecule has 0 unspecified atom stereocenters. The molecule has 3 aromatic rings. The summed E-state index contributed by atoms with van der Waals surface area (Å²) in [6, 6.07) is 10.7. The summed E-state index contributed by atoms with van der Waals surface area (Å²) in [7, 11) is -2.76. The van der Waals surface area contributed by atoms with Gasteiger partial charge in [0.25, 0.3) is 5.56 Å². The Balaban J connectivity index is 1.55. The minimum absolute atomic E-state index is 0.0112. The molecular formula is C24H24N2O7S. The van der Waals surface area contributed by atoms with E-state index in [-0.39, 0.29) is 35.4 Å². The van der Waals surface area contributed by atoms with E-state index in [1.165, 1.54) is 35.7 Å². The van der Waals surface area contributed by atoms with E-state index in [4.69, 9.17) is 14.2 Å². The number of rotatable bonds is 6. The molecule has 9 nitrogen and oxygen atoms in total. The maximum absolute atomic E-state index is 13.7. The van der Waals surface area contributed by atoms with E-state index in [1.807, 2.05) is 0 Å². The van der Waals surface area contributed by atoms with Gasteiger partial charge >= 0.3 is 5.97 Å². The summed E-state index contributed by atoms with van der Waals surface area (Å²) >= 11 is 0. The predicted octanol–water partition coefficient (Wildman–Crippen LogP) is 3.18. The van der Waals surface area contributed by atoms with E-state index in [2.05, 4.69) is 4.98 Å². The van der Waals surface area contributed by atoms with E-state index in [1.54, 1.807) is 18.2 Å². The number of esters is 1. The standard InChI is InChI=1S/C24H24N2O7S/c1-31-24(28)15-5-4-8-19(10-15)34(29,30)26(18-6-2-3-7-18)13-17-9-16-11-21-22(33-14-32-21)12-20(16)25-23(17)27/h4-5,8-12,18H,2-3,6-7,13-14H2,1H3,(H,25,27). The Hall–Kier alpha value is -3.37. The molecule has 0 radical (unpaired) electrons. The molecule has 1 aromatic heterocycles. The molecule has 0 bridgehead atoms. The van der Waals surface area contributed by atoms with E-state index in [0.717, 1.165) is 18.2 Å². The molecule has 1 aliphatic carbocycles. The number of carbonyl (C=O) groups excluding carboxylic acids is 1. The fourth-order valence-electron chi connectivity index (χ4n) is 4.57. The summed E-state index contributed by atoms with van der Waals surface area (Å²) < 4.78 is 44.4. The van der Waals surface area contributed by atoms with Crippen molar-refractivity contribution in [3.8, 4) is 11.5 Å². The number of sulfonamides is 1. The van der Waals surface area contributed by atoms with Crippen LogP contribution < -0.4 is 15.0 Å². The lowest BCUT2D eigenvalue weighted by Crippen LogP contribution is -2.39. The van der Waals surface area contributed by atoms with Crippen LogP contribution in [0.4, 0.5) is 0 Å². The third-order valence-corrected chi connectivity index (χ3v) is 8.23. The zero-order valence-electron chi connectivity index (χ0n) is 18.6. The molecule has 2 aromatic carbocycles. The highest BCUT2D eigenvalue weighted by atomic mass is 32.2. The average Bonchev–Trinajstić information content (AvgIpc) is 3.52. The summed E-state index contributed by atoms with van der Waals surface area (Å²) in [5, 5.41) is 0.718. The average molecular weight is 485 g/mol. The van der Waals surface area contributed by atoms with Gasteiger partial charge in [-0.25, -0.2) is 13.2 Å². The van der Waals surface area contributed by atoms with Crippen LogP contribution in [-0.2, 0) is 21.3 Å². The lowest BCUT2D eigenvalue weighted by Gasteiger charge is -2.28. The SMILES string of the molecule is COC(=O)c1cccc(S(=O)(=O)N(Cc2cc3cc4c(cc3[nH]c2=O)OCO4)C2CCCC2)c1. The second-order valence-corrected chi connectivity index (χ2v) is 10.3. The molecule has 5 rings (SSSR count). The van der Waals surface area contributed by atoms with Gasteiger partial charge in [-0.15, -0.1) is 0 Å². The van der Waals surface area contributed by atoms with Gasteiger partial charge in [-0.2, -0.15) is 4.31 Å². The lowest BCUT2D eigenvalue weighted by atomic mass is 10.1. The molecule has 1 N–H and O–H groups in total. The number of pyridine rings is 1. The molecular weight excluding hydrogens is 460 g/mol. The Morgan fingerprint density at radius 2 is 1.85 bits per heavy atom. The van der Waals surface area contributed by atoms with Crippen molar-refractivity contribution in [2.75, 3.05) is 13.9 Å². The summed E-state index contributed by atoms with van der Waals surface area (Å²) in [4.78, 5) is 27.7. The van der Waals surface area contributed by atoms with Gasteiger partial charge in [-0.05, 0) is 43.2 Å². The second-order valence-electron chi connectivity index (χ2n) is 8.42. The molecule has 1 aliphatic heterocycles. The van der Waals surface area contributed by atoms with Crippen molar-refractivity contribution in [1.82, 2.24) is 9.29 Å². The highest BCUT2D eigenvalue weighted by Gasteiger charge is 2.34. The monoisotopic (exact) mass is 484 g/mol. The van der Waals surface area contributed by atoms with Crippen molar-refractivity contribution in [1.29, 1.82) is 0 Å². The zero-order chi connectivity index (χ0) is 23.9. The number of aromatic amines is 1. The van der Waals surface area contributed by atoms with Crippen LogP contribution in [0.25, 0.3) is 10.9 Å². The number of fused-ring (bicyclic) bond motifs is 2. The number of H-pyrrole nitrogens is 1. The minimum Gasteiger partial charge on any atom is -0.465 e. The fourth-order valence-corrected chi connectivity index (χ4v) is 6.28. The number of nitrogens with zero attached hydrogens (tertiary/aromatic N) is 1. The Labute approximate surface area is 196 Å². The first-order valence-corrected chi connectivity index (χ1v) is 12.5. The number of nitrogens with one attached hydrogen (secondary N) is 1. The maximum atomic E-state index is 13.7. The topological polar surface area (TPSA) is 115 Å². The quantitative estimate of drug-likeness (QED) is 0.535. The first-order valence-electron chi connectivity index (χ1n) is 11.0.